The summed E-state index contributed by atoms with van der Waals surface area (Å²) < 4.78 is 0. The topological polar surface area (TPSA) is 61.4 Å². The van der Waals surface area contributed by atoms with E-state index in [9.17, 15) is 9.59 Å². The molecule has 0 aliphatic carbocycles. The number of halogens is 2. The molecule has 1 heterocycles. The largest absolute Gasteiger partial charge is 0.349 e. The Morgan fingerprint density at radius 1 is 1.33 bits per heavy atom. The lowest BCUT2D eigenvalue weighted by atomic mass is 10.0. The fourth-order valence-electron chi connectivity index (χ4n) is 2.94. The van der Waals surface area contributed by atoms with Gasteiger partial charge in [0.15, 0.2) is 0 Å². The summed E-state index contributed by atoms with van der Waals surface area (Å²) in [6, 6.07) is 7.27. The molecule has 1 aromatic rings. The van der Waals surface area contributed by atoms with Gasteiger partial charge in [0.2, 0.25) is 11.8 Å². The van der Waals surface area contributed by atoms with Crippen LogP contribution in [0, 0.1) is 0 Å². The number of benzene rings is 1. The maximum atomic E-state index is 12.6. The highest BCUT2D eigenvalue weighted by Gasteiger charge is 2.25. The van der Waals surface area contributed by atoms with Crippen LogP contribution in [0.5, 0.6) is 0 Å². The van der Waals surface area contributed by atoms with E-state index >= 15 is 0 Å². The Bertz CT molecular complexity index is 551. The van der Waals surface area contributed by atoms with Gasteiger partial charge in [0.05, 0.1) is 12.5 Å². The number of carbonyl (C=O) groups is 2. The lowest BCUT2D eigenvalue weighted by Crippen LogP contribution is -2.47. The molecule has 2 atom stereocenters. The predicted octanol–water partition coefficient (Wildman–Crippen LogP) is 2.54. The second kappa shape index (κ2) is 9.87. The first kappa shape index (κ1) is 20.7. The van der Waals surface area contributed by atoms with Crippen LogP contribution in [0.25, 0.3) is 0 Å². The minimum absolute atomic E-state index is 0. The Balaban J connectivity index is 0.00000288. The fraction of sp³-hybridized carbons (Fsp3) is 0.529. The van der Waals surface area contributed by atoms with Gasteiger partial charge >= 0.3 is 0 Å². The average molecular weight is 374 g/mol. The lowest BCUT2D eigenvalue weighted by Gasteiger charge is -2.33. The summed E-state index contributed by atoms with van der Waals surface area (Å²) in [5.74, 6) is -0.0804. The van der Waals surface area contributed by atoms with Gasteiger partial charge in [0.25, 0.3) is 0 Å². The Morgan fingerprint density at radius 3 is 2.58 bits per heavy atom. The molecular weight excluding hydrogens is 349 g/mol. The summed E-state index contributed by atoms with van der Waals surface area (Å²) in [6.07, 6.45) is 2.35. The third-order valence-corrected chi connectivity index (χ3v) is 4.46. The second-order valence-corrected chi connectivity index (χ2v) is 6.41. The van der Waals surface area contributed by atoms with Crippen molar-refractivity contribution in [1.29, 1.82) is 0 Å². The third-order valence-electron chi connectivity index (χ3n) is 4.21. The second-order valence-electron chi connectivity index (χ2n) is 5.98. The molecule has 0 bridgehead atoms. The molecule has 0 spiro atoms. The van der Waals surface area contributed by atoms with Crippen LogP contribution in [0.15, 0.2) is 24.3 Å². The van der Waals surface area contributed by atoms with E-state index in [1.807, 2.05) is 24.1 Å². The summed E-state index contributed by atoms with van der Waals surface area (Å²) in [5.41, 5.74) is 0.889. The molecule has 2 unspecified atom stereocenters. The molecule has 0 radical (unpaired) electrons. The molecule has 7 heteroatoms. The number of hydrogen-bond donors (Lipinski definition) is 2. The van der Waals surface area contributed by atoms with Crippen LogP contribution in [0.4, 0.5) is 0 Å². The highest BCUT2D eigenvalue weighted by Crippen LogP contribution is 2.21. The molecule has 5 nitrogen and oxygen atoms in total. The fourth-order valence-corrected chi connectivity index (χ4v) is 3.06. The third kappa shape index (κ3) is 5.96. The van der Waals surface area contributed by atoms with Gasteiger partial charge in [-0.1, -0.05) is 23.7 Å². The highest BCUT2D eigenvalue weighted by molar-refractivity contribution is 6.30. The molecule has 1 aromatic carbocycles. The van der Waals surface area contributed by atoms with E-state index in [1.54, 1.807) is 12.1 Å². The van der Waals surface area contributed by atoms with Gasteiger partial charge in [-0.25, -0.2) is 0 Å². The first-order valence-electron chi connectivity index (χ1n) is 7.97. The maximum absolute atomic E-state index is 12.6. The molecule has 0 saturated carbocycles. The van der Waals surface area contributed by atoms with E-state index < -0.39 is 0 Å². The summed E-state index contributed by atoms with van der Waals surface area (Å²) >= 11 is 5.91. The standard InChI is InChI=1S/C17H24ClN3O2.ClH/c1-12(22)20-16(13-5-7-14(18)8-6-13)10-17(23)21-9-3-4-15(11-21)19-2;/h5-8,15-16,19H,3-4,9-11H2,1-2H3,(H,20,22);1H. The molecule has 24 heavy (non-hydrogen) atoms. The van der Waals surface area contributed by atoms with Crippen molar-refractivity contribution in [3.63, 3.8) is 0 Å². The maximum Gasteiger partial charge on any atom is 0.225 e. The molecule has 1 saturated heterocycles. The molecular formula is C17H25Cl2N3O2. The van der Waals surface area contributed by atoms with Crippen LogP contribution < -0.4 is 10.6 Å². The first-order chi connectivity index (χ1) is 11.0. The van der Waals surface area contributed by atoms with Gasteiger partial charge in [-0.15, -0.1) is 12.4 Å². The summed E-state index contributed by atoms with van der Waals surface area (Å²) in [7, 11) is 1.92. The normalized spacial score (nSPS) is 18.5. The van der Waals surface area contributed by atoms with Crippen molar-refractivity contribution < 1.29 is 9.59 Å². The Labute approximate surface area is 154 Å². The van der Waals surface area contributed by atoms with Crippen LogP contribution >= 0.6 is 24.0 Å². The van der Waals surface area contributed by atoms with Gasteiger partial charge in [-0.2, -0.15) is 0 Å². The average Bonchev–Trinajstić information content (AvgIpc) is 2.54. The lowest BCUT2D eigenvalue weighted by molar-refractivity contribution is -0.133. The van der Waals surface area contributed by atoms with Crippen molar-refractivity contribution >= 4 is 35.8 Å². The number of piperidine rings is 1. The van der Waals surface area contributed by atoms with E-state index in [0.717, 1.165) is 31.5 Å². The number of hydrogen-bond acceptors (Lipinski definition) is 3. The van der Waals surface area contributed by atoms with Crippen molar-refractivity contribution in [1.82, 2.24) is 15.5 Å². The van der Waals surface area contributed by atoms with Crippen LogP contribution in [0.3, 0.4) is 0 Å². The van der Waals surface area contributed by atoms with Gasteiger partial charge < -0.3 is 15.5 Å². The summed E-state index contributed by atoms with van der Waals surface area (Å²) in [6.45, 7) is 2.97. The number of nitrogens with zero attached hydrogens (tertiary/aromatic N) is 1. The molecule has 2 rings (SSSR count). The van der Waals surface area contributed by atoms with Gasteiger partial charge in [-0.05, 0) is 37.6 Å². The van der Waals surface area contributed by atoms with Crippen LogP contribution in [0.1, 0.15) is 37.8 Å². The van der Waals surface area contributed by atoms with E-state index in [2.05, 4.69) is 10.6 Å². The zero-order valence-corrected chi connectivity index (χ0v) is 15.6. The Morgan fingerprint density at radius 2 is 2.00 bits per heavy atom. The van der Waals surface area contributed by atoms with Gasteiger partial charge in [-0.3, -0.25) is 9.59 Å². The molecule has 1 aliphatic heterocycles. The number of nitrogens with one attached hydrogen (secondary N) is 2. The Kier molecular flexibility index (Phi) is 8.53. The molecule has 2 N–H and O–H groups in total. The number of rotatable bonds is 5. The first-order valence-corrected chi connectivity index (χ1v) is 8.35. The van der Waals surface area contributed by atoms with Crippen molar-refractivity contribution in [2.75, 3.05) is 20.1 Å². The Hall–Kier alpha value is -1.30. The van der Waals surface area contributed by atoms with Crippen molar-refractivity contribution in [3.8, 4) is 0 Å². The highest BCUT2D eigenvalue weighted by atomic mass is 35.5. The van der Waals surface area contributed by atoms with E-state index in [0.29, 0.717) is 11.1 Å². The number of likely N-dealkylation sites (tertiary alicyclic amines) is 1. The minimum atomic E-state index is -0.327. The molecule has 2 amide bonds. The summed E-state index contributed by atoms with van der Waals surface area (Å²) in [4.78, 5) is 26.0. The van der Waals surface area contributed by atoms with Crippen molar-refractivity contribution in [2.24, 2.45) is 0 Å². The zero-order valence-electron chi connectivity index (χ0n) is 14.0. The molecule has 1 aliphatic rings. The number of carbonyl (C=O) groups excluding carboxylic acids is 2. The number of likely N-dealkylation sites (N-methyl/N-ethyl adjacent to an activating group) is 1. The zero-order chi connectivity index (χ0) is 16.8. The van der Waals surface area contributed by atoms with E-state index in [4.69, 9.17) is 11.6 Å². The van der Waals surface area contributed by atoms with E-state index in [1.165, 1.54) is 6.92 Å². The van der Waals surface area contributed by atoms with Gasteiger partial charge in [0.1, 0.15) is 0 Å². The minimum Gasteiger partial charge on any atom is -0.349 e. The van der Waals surface area contributed by atoms with Crippen LogP contribution in [-0.4, -0.2) is 42.9 Å². The monoisotopic (exact) mass is 373 g/mol. The quantitative estimate of drug-likeness (QED) is 0.833. The van der Waals surface area contributed by atoms with Crippen LogP contribution in [-0.2, 0) is 9.59 Å². The smallest absolute Gasteiger partial charge is 0.225 e. The van der Waals surface area contributed by atoms with Gasteiger partial charge in [0, 0.05) is 31.1 Å². The molecule has 134 valence electrons. The van der Waals surface area contributed by atoms with Crippen molar-refractivity contribution in [3.05, 3.63) is 34.9 Å². The van der Waals surface area contributed by atoms with E-state index in [-0.39, 0.29) is 36.7 Å². The number of amides is 2. The summed E-state index contributed by atoms with van der Waals surface area (Å²) in [5, 5.41) is 6.73. The predicted molar refractivity (Wildman–Crippen MR) is 98.5 cm³/mol. The van der Waals surface area contributed by atoms with Crippen LogP contribution in [0.2, 0.25) is 5.02 Å². The molecule has 1 fully saturated rings. The SMILES string of the molecule is CNC1CCCN(C(=O)CC(NC(C)=O)c2ccc(Cl)cc2)C1.Cl. The molecule has 0 aromatic heterocycles. The van der Waals surface area contributed by atoms with Crippen molar-refractivity contribution in [2.45, 2.75) is 38.3 Å².